The van der Waals surface area contributed by atoms with Crippen molar-refractivity contribution in [2.45, 2.75) is 58.4 Å². The summed E-state index contributed by atoms with van der Waals surface area (Å²) in [6.45, 7) is 8.12. The van der Waals surface area contributed by atoms with Gasteiger partial charge in [0.05, 0.1) is 38.4 Å². The molecule has 124 valence electrons. The minimum atomic E-state index is -1.47. The molecule has 0 saturated carbocycles. The molecular weight excluding hydrogens is 276 g/mol. The van der Waals surface area contributed by atoms with Crippen LogP contribution in [0.3, 0.4) is 0 Å². The Kier molecular flexibility index (Phi) is 5.62. The van der Waals surface area contributed by atoms with Crippen LogP contribution in [0.5, 0.6) is 0 Å². The van der Waals surface area contributed by atoms with E-state index in [9.17, 15) is 5.11 Å². The number of aliphatic hydroxyl groups is 1. The van der Waals surface area contributed by atoms with Crippen molar-refractivity contribution >= 4 is 0 Å². The minimum Gasteiger partial charge on any atom is -0.343 e. The number of rotatable bonds is 6. The summed E-state index contributed by atoms with van der Waals surface area (Å²) in [5.41, 5.74) is -0.367. The lowest BCUT2D eigenvalue weighted by Crippen LogP contribution is -2.59. The highest BCUT2D eigenvalue weighted by Gasteiger charge is 2.50. The molecule has 0 atom stereocenters. The van der Waals surface area contributed by atoms with Crippen LogP contribution >= 0.6 is 0 Å². The average Bonchev–Trinajstić information content (AvgIpc) is 2.53. The number of hydrogen-bond acceptors (Lipinski definition) is 6. The van der Waals surface area contributed by atoms with E-state index in [2.05, 4.69) is 6.92 Å². The van der Waals surface area contributed by atoms with Crippen LogP contribution in [-0.2, 0) is 23.7 Å². The summed E-state index contributed by atoms with van der Waals surface area (Å²) in [6, 6.07) is 0. The molecule has 0 aromatic carbocycles. The fourth-order valence-corrected chi connectivity index (χ4v) is 2.36. The molecule has 0 radical (unpaired) electrons. The highest BCUT2D eigenvalue weighted by molar-refractivity contribution is 4.86. The normalized spacial score (nSPS) is 40.6. The smallest absolute Gasteiger partial charge is 0.282 e. The Morgan fingerprint density at radius 2 is 1.48 bits per heavy atom. The summed E-state index contributed by atoms with van der Waals surface area (Å²) in [7, 11) is 0. The highest BCUT2D eigenvalue weighted by Crippen LogP contribution is 2.38. The molecule has 6 nitrogen and oxygen atoms in total. The van der Waals surface area contributed by atoms with E-state index >= 15 is 0 Å². The molecule has 2 rings (SSSR count). The molecule has 2 heterocycles. The second-order valence-corrected chi connectivity index (χ2v) is 5.96. The lowest BCUT2D eigenvalue weighted by atomic mass is 9.90. The van der Waals surface area contributed by atoms with Crippen molar-refractivity contribution in [1.29, 1.82) is 0 Å². The Morgan fingerprint density at radius 1 is 0.905 bits per heavy atom. The van der Waals surface area contributed by atoms with E-state index in [4.69, 9.17) is 23.7 Å². The number of ether oxygens (including phenoxy) is 5. The largest absolute Gasteiger partial charge is 0.343 e. The Bertz CT molecular complexity index is 314. The van der Waals surface area contributed by atoms with Crippen LogP contribution in [0, 0.1) is 5.41 Å². The second-order valence-electron chi connectivity index (χ2n) is 5.96. The molecule has 2 fully saturated rings. The van der Waals surface area contributed by atoms with Gasteiger partial charge in [-0.3, -0.25) is 0 Å². The van der Waals surface area contributed by atoms with E-state index in [1.807, 2.05) is 13.8 Å². The molecule has 0 aromatic rings. The van der Waals surface area contributed by atoms with Crippen LogP contribution in [-0.4, -0.2) is 50.1 Å². The summed E-state index contributed by atoms with van der Waals surface area (Å²) >= 11 is 0. The zero-order valence-electron chi connectivity index (χ0n) is 13.4. The first-order valence-corrected chi connectivity index (χ1v) is 7.93. The van der Waals surface area contributed by atoms with Crippen LogP contribution < -0.4 is 0 Å². The minimum absolute atomic E-state index is 0.353. The van der Waals surface area contributed by atoms with Crippen LogP contribution in [0.4, 0.5) is 0 Å². The lowest BCUT2D eigenvalue weighted by molar-refractivity contribution is -0.459. The van der Waals surface area contributed by atoms with Gasteiger partial charge in [0.25, 0.3) is 11.9 Å². The zero-order valence-corrected chi connectivity index (χ0v) is 13.4. The summed E-state index contributed by atoms with van der Waals surface area (Å²) in [6.07, 6.45) is 3.08. The van der Waals surface area contributed by atoms with Gasteiger partial charge in [-0.25, -0.2) is 0 Å². The lowest BCUT2D eigenvalue weighted by Gasteiger charge is -2.48. The van der Waals surface area contributed by atoms with Crippen LogP contribution in [0.15, 0.2) is 0 Å². The summed E-state index contributed by atoms with van der Waals surface area (Å²) in [5, 5.41) is 9.94. The number of hydrogen-bond donors (Lipinski definition) is 1. The zero-order chi connectivity index (χ0) is 15.4. The van der Waals surface area contributed by atoms with Crippen LogP contribution in [0.1, 0.15) is 46.5 Å². The Balaban J connectivity index is 1.87. The molecule has 2 saturated heterocycles. The maximum atomic E-state index is 9.94. The molecule has 2 aliphatic rings. The van der Waals surface area contributed by atoms with E-state index in [0.717, 1.165) is 12.8 Å². The van der Waals surface area contributed by atoms with Crippen LogP contribution in [0.2, 0.25) is 0 Å². The quantitative estimate of drug-likeness (QED) is 0.757. The molecule has 21 heavy (non-hydrogen) atoms. The van der Waals surface area contributed by atoms with E-state index in [1.165, 1.54) is 0 Å². The van der Waals surface area contributed by atoms with Gasteiger partial charge in [-0.2, -0.15) is 0 Å². The molecule has 0 bridgehead atoms. The molecule has 6 heteroatoms. The first-order chi connectivity index (χ1) is 10.0. The van der Waals surface area contributed by atoms with Gasteiger partial charge < -0.3 is 28.8 Å². The summed E-state index contributed by atoms with van der Waals surface area (Å²) < 4.78 is 28.4. The maximum Gasteiger partial charge on any atom is 0.282 e. The van der Waals surface area contributed by atoms with Gasteiger partial charge in [-0.15, -0.1) is 0 Å². The maximum absolute atomic E-state index is 9.94. The average molecular weight is 304 g/mol. The van der Waals surface area contributed by atoms with Gasteiger partial charge in [-0.1, -0.05) is 27.2 Å². The third-order valence-electron chi connectivity index (χ3n) is 4.10. The first kappa shape index (κ1) is 17.1. The molecule has 0 aliphatic carbocycles. The molecule has 1 spiro atoms. The third-order valence-corrected chi connectivity index (χ3v) is 4.10. The standard InChI is InChI=1S/C15H28O6/c1-4-7-8-17-15(6-3)20-11-13(12-21-15)9-18-14(16,5-2)19-10-13/h16H,4-12H2,1-3H3. The fourth-order valence-electron chi connectivity index (χ4n) is 2.36. The fraction of sp³-hybridized carbons (Fsp3) is 1.00. The van der Waals surface area contributed by atoms with E-state index in [-0.39, 0.29) is 5.41 Å². The Hall–Kier alpha value is -0.240. The molecule has 0 unspecified atom stereocenters. The van der Waals surface area contributed by atoms with Crippen molar-refractivity contribution in [3.8, 4) is 0 Å². The third kappa shape index (κ3) is 3.94. The Morgan fingerprint density at radius 3 is 1.95 bits per heavy atom. The van der Waals surface area contributed by atoms with Crippen molar-refractivity contribution in [2.75, 3.05) is 33.0 Å². The topological polar surface area (TPSA) is 66.4 Å². The van der Waals surface area contributed by atoms with Gasteiger partial charge in [0.1, 0.15) is 0 Å². The predicted molar refractivity (Wildman–Crippen MR) is 75.4 cm³/mol. The molecule has 2 aliphatic heterocycles. The SMILES string of the molecule is CCCCOC1(CC)OCC2(COC(O)(CC)OC2)CO1. The van der Waals surface area contributed by atoms with E-state index < -0.39 is 11.9 Å². The van der Waals surface area contributed by atoms with Crippen molar-refractivity contribution in [1.82, 2.24) is 0 Å². The molecule has 0 amide bonds. The van der Waals surface area contributed by atoms with Gasteiger partial charge in [-0.05, 0) is 6.42 Å². The summed E-state index contributed by atoms with van der Waals surface area (Å²) in [5.74, 6) is -2.42. The first-order valence-electron chi connectivity index (χ1n) is 7.93. The van der Waals surface area contributed by atoms with Gasteiger partial charge in [0.2, 0.25) is 0 Å². The van der Waals surface area contributed by atoms with Gasteiger partial charge >= 0.3 is 0 Å². The highest BCUT2D eigenvalue weighted by atomic mass is 16.9. The predicted octanol–water partition coefficient (Wildman–Crippen LogP) is 2.00. The number of unbranched alkanes of at least 4 members (excludes halogenated alkanes) is 1. The van der Waals surface area contributed by atoms with Crippen molar-refractivity contribution < 1.29 is 28.8 Å². The van der Waals surface area contributed by atoms with Crippen LogP contribution in [0.25, 0.3) is 0 Å². The second kappa shape index (κ2) is 6.89. The molecular formula is C15H28O6. The van der Waals surface area contributed by atoms with Gasteiger partial charge in [0, 0.05) is 12.8 Å². The van der Waals surface area contributed by atoms with Crippen molar-refractivity contribution in [3.63, 3.8) is 0 Å². The van der Waals surface area contributed by atoms with Crippen molar-refractivity contribution in [2.24, 2.45) is 5.41 Å². The van der Waals surface area contributed by atoms with Crippen molar-refractivity contribution in [3.05, 3.63) is 0 Å². The monoisotopic (exact) mass is 304 g/mol. The summed E-state index contributed by atoms with van der Waals surface area (Å²) in [4.78, 5) is 0. The van der Waals surface area contributed by atoms with E-state index in [0.29, 0.717) is 45.9 Å². The molecule has 1 N–H and O–H groups in total. The van der Waals surface area contributed by atoms with E-state index in [1.54, 1.807) is 0 Å². The Labute approximate surface area is 126 Å². The van der Waals surface area contributed by atoms with Gasteiger partial charge in [0.15, 0.2) is 0 Å². The molecule has 0 aromatic heterocycles.